The number of aromatic nitrogens is 2. The number of hydrogen-bond donors (Lipinski definition) is 2. The monoisotopic (exact) mass is 348 g/mol. The molecule has 2 N–H and O–H groups in total. The summed E-state index contributed by atoms with van der Waals surface area (Å²) in [7, 11) is 1.46. The Kier molecular flexibility index (Phi) is 5.18. The van der Waals surface area contributed by atoms with E-state index in [9.17, 15) is 13.6 Å². The molecule has 0 bridgehead atoms. The van der Waals surface area contributed by atoms with Crippen LogP contribution in [0.15, 0.2) is 30.6 Å². The molecular weight excluding hydrogens is 330 g/mol. The van der Waals surface area contributed by atoms with E-state index in [4.69, 9.17) is 4.74 Å². The van der Waals surface area contributed by atoms with Gasteiger partial charge in [0.25, 0.3) is 0 Å². The van der Waals surface area contributed by atoms with Crippen LogP contribution in [0.4, 0.5) is 19.3 Å². The minimum Gasteiger partial charge on any atom is -0.382 e. The Morgan fingerprint density at radius 3 is 2.60 bits per heavy atom. The lowest BCUT2D eigenvalue weighted by Gasteiger charge is -2.19. The van der Waals surface area contributed by atoms with Crippen LogP contribution in [0.1, 0.15) is 36.2 Å². The van der Waals surface area contributed by atoms with Crippen LogP contribution in [-0.2, 0) is 4.74 Å². The molecule has 2 aromatic rings. The lowest BCUT2D eigenvalue weighted by Crippen LogP contribution is -2.35. The summed E-state index contributed by atoms with van der Waals surface area (Å²) >= 11 is 0. The highest BCUT2D eigenvalue weighted by Crippen LogP contribution is 2.37. The highest BCUT2D eigenvalue weighted by Gasteiger charge is 2.26. The van der Waals surface area contributed by atoms with E-state index in [1.54, 1.807) is 12.4 Å². The molecular formula is C17H18F2N4O2. The second-order valence-corrected chi connectivity index (χ2v) is 5.88. The molecule has 0 saturated heterocycles. The standard InChI is InChI=1S/C17H18F2N4O2/c1-25-9-15(11-4-5-13(18)14(19)6-11)23-17(24)22-12-7-20-16(21-8-12)10-2-3-10/h4-8,10,15H,2-3,9H2,1H3,(H2,22,23,24)/t15-/m0/s1. The number of carbonyl (C=O) groups is 1. The first-order valence-corrected chi connectivity index (χ1v) is 7.90. The van der Waals surface area contributed by atoms with E-state index in [1.165, 1.54) is 13.2 Å². The molecule has 1 atom stereocenters. The number of anilines is 1. The number of urea groups is 1. The molecule has 25 heavy (non-hydrogen) atoms. The van der Waals surface area contributed by atoms with Crippen molar-refractivity contribution in [1.29, 1.82) is 0 Å². The van der Waals surface area contributed by atoms with Gasteiger partial charge in [0.2, 0.25) is 0 Å². The van der Waals surface area contributed by atoms with Crippen molar-refractivity contribution < 1.29 is 18.3 Å². The number of halogens is 2. The van der Waals surface area contributed by atoms with Crippen LogP contribution in [0.5, 0.6) is 0 Å². The number of nitrogens with zero attached hydrogens (tertiary/aromatic N) is 2. The van der Waals surface area contributed by atoms with Crippen LogP contribution in [0.25, 0.3) is 0 Å². The number of methoxy groups -OCH3 is 1. The van der Waals surface area contributed by atoms with Gasteiger partial charge in [-0.3, -0.25) is 0 Å². The van der Waals surface area contributed by atoms with Crippen molar-refractivity contribution in [3.05, 3.63) is 53.6 Å². The molecule has 8 heteroatoms. The number of hydrogen-bond acceptors (Lipinski definition) is 4. The van der Waals surface area contributed by atoms with E-state index < -0.39 is 23.7 Å². The summed E-state index contributed by atoms with van der Waals surface area (Å²) in [6, 6.07) is 2.29. The Hall–Kier alpha value is -2.61. The van der Waals surface area contributed by atoms with Gasteiger partial charge < -0.3 is 15.4 Å². The zero-order valence-corrected chi connectivity index (χ0v) is 13.6. The maximum absolute atomic E-state index is 13.4. The number of ether oxygens (including phenoxy) is 1. The van der Waals surface area contributed by atoms with Gasteiger partial charge in [-0.15, -0.1) is 0 Å². The van der Waals surface area contributed by atoms with Crippen LogP contribution >= 0.6 is 0 Å². The van der Waals surface area contributed by atoms with Crippen LogP contribution < -0.4 is 10.6 Å². The topological polar surface area (TPSA) is 76.1 Å². The molecule has 0 radical (unpaired) electrons. The van der Waals surface area contributed by atoms with E-state index >= 15 is 0 Å². The van der Waals surface area contributed by atoms with E-state index in [1.807, 2.05) is 0 Å². The molecule has 1 aliphatic rings. The summed E-state index contributed by atoms with van der Waals surface area (Å²) in [5.74, 6) is -0.713. The minimum absolute atomic E-state index is 0.107. The maximum Gasteiger partial charge on any atom is 0.319 e. The summed E-state index contributed by atoms with van der Waals surface area (Å²) in [6.07, 6.45) is 5.28. The molecule has 0 unspecified atom stereocenters. The fraction of sp³-hybridized carbons (Fsp3) is 0.353. The van der Waals surface area contributed by atoms with Crippen molar-refractivity contribution in [2.75, 3.05) is 19.0 Å². The Balaban J connectivity index is 1.64. The van der Waals surface area contributed by atoms with Gasteiger partial charge in [0.1, 0.15) is 5.82 Å². The van der Waals surface area contributed by atoms with Crippen LogP contribution in [-0.4, -0.2) is 29.7 Å². The molecule has 1 saturated carbocycles. The molecule has 6 nitrogen and oxygen atoms in total. The number of rotatable bonds is 6. The molecule has 1 aromatic carbocycles. The fourth-order valence-corrected chi connectivity index (χ4v) is 2.40. The number of benzene rings is 1. The Morgan fingerprint density at radius 1 is 1.28 bits per heavy atom. The molecule has 3 rings (SSSR count). The summed E-state index contributed by atoms with van der Waals surface area (Å²) in [6.45, 7) is 0.107. The smallest absolute Gasteiger partial charge is 0.319 e. The van der Waals surface area contributed by atoms with Crippen LogP contribution in [0, 0.1) is 11.6 Å². The van der Waals surface area contributed by atoms with Crippen molar-refractivity contribution in [3.63, 3.8) is 0 Å². The molecule has 0 aliphatic heterocycles. The van der Waals surface area contributed by atoms with Crippen molar-refractivity contribution in [1.82, 2.24) is 15.3 Å². The van der Waals surface area contributed by atoms with Gasteiger partial charge in [0, 0.05) is 13.0 Å². The average Bonchev–Trinajstić information content (AvgIpc) is 3.43. The van der Waals surface area contributed by atoms with E-state index in [2.05, 4.69) is 20.6 Å². The fourth-order valence-electron chi connectivity index (χ4n) is 2.40. The van der Waals surface area contributed by atoms with Crippen LogP contribution in [0.2, 0.25) is 0 Å². The van der Waals surface area contributed by atoms with Gasteiger partial charge in [-0.1, -0.05) is 6.07 Å². The first-order chi connectivity index (χ1) is 12.1. The van der Waals surface area contributed by atoms with Crippen LogP contribution in [0.3, 0.4) is 0 Å². The number of nitrogens with one attached hydrogen (secondary N) is 2. The van der Waals surface area contributed by atoms with Gasteiger partial charge in [-0.05, 0) is 30.5 Å². The molecule has 132 valence electrons. The highest BCUT2D eigenvalue weighted by molar-refractivity contribution is 5.89. The van der Waals surface area contributed by atoms with Gasteiger partial charge in [-0.25, -0.2) is 23.5 Å². The van der Waals surface area contributed by atoms with E-state index in [-0.39, 0.29) is 6.61 Å². The third-order valence-corrected chi connectivity index (χ3v) is 3.86. The second kappa shape index (κ2) is 7.52. The normalized spacial score (nSPS) is 14.8. The zero-order valence-electron chi connectivity index (χ0n) is 13.6. The lowest BCUT2D eigenvalue weighted by molar-refractivity contribution is 0.168. The maximum atomic E-state index is 13.4. The van der Waals surface area contributed by atoms with Crippen molar-refractivity contribution in [2.45, 2.75) is 24.8 Å². The third kappa shape index (κ3) is 4.48. The Bertz CT molecular complexity index is 751. The summed E-state index contributed by atoms with van der Waals surface area (Å²) in [4.78, 5) is 20.6. The van der Waals surface area contributed by atoms with E-state index in [0.29, 0.717) is 17.2 Å². The predicted octanol–water partition coefficient (Wildman–Crippen LogP) is 3.14. The summed E-state index contributed by atoms with van der Waals surface area (Å²) in [5.41, 5.74) is 0.847. The lowest BCUT2D eigenvalue weighted by atomic mass is 10.1. The Morgan fingerprint density at radius 2 is 2.00 bits per heavy atom. The minimum atomic E-state index is -0.982. The van der Waals surface area contributed by atoms with Gasteiger partial charge in [0.05, 0.1) is 30.7 Å². The SMILES string of the molecule is COC[C@H](NC(=O)Nc1cnc(C2CC2)nc1)c1ccc(F)c(F)c1. The van der Waals surface area contributed by atoms with Gasteiger partial charge in [0.15, 0.2) is 11.6 Å². The molecule has 1 heterocycles. The first kappa shape index (κ1) is 17.2. The molecule has 1 fully saturated rings. The highest BCUT2D eigenvalue weighted by atomic mass is 19.2. The Labute approximate surface area is 143 Å². The number of carbonyl (C=O) groups excluding carboxylic acids is 1. The zero-order chi connectivity index (χ0) is 17.8. The third-order valence-electron chi connectivity index (χ3n) is 3.86. The van der Waals surface area contributed by atoms with Crippen molar-refractivity contribution in [3.8, 4) is 0 Å². The second-order valence-electron chi connectivity index (χ2n) is 5.88. The predicted molar refractivity (Wildman–Crippen MR) is 87.1 cm³/mol. The molecule has 2 amide bonds. The van der Waals surface area contributed by atoms with Gasteiger partial charge in [-0.2, -0.15) is 0 Å². The average molecular weight is 348 g/mol. The van der Waals surface area contributed by atoms with Crippen molar-refractivity contribution >= 4 is 11.7 Å². The van der Waals surface area contributed by atoms with Crippen molar-refractivity contribution in [2.24, 2.45) is 0 Å². The summed E-state index contributed by atoms with van der Waals surface area (Å²) < 4.78 is 31.5. The number of amides is 2. The quantitative estimate of drug-likeness (QED) is 0.841. The largest absolute Gasteiger partial charge is 0.382 e. The first-order valence-electron chi connectivity index (χ1n) is 7.90. The molecule has 1 aromatic heterocycles. The molecule has 1 aliphatic carbocycles. The molecule has 0 spiro atoms. The van der Waals surface area contributed by atoms with Gasteiger partial charge >= 0.3 is 6.03 Å². The summed E-state index contributed by atoms with van der Waals surface area (Å²) in [5, 5.41) is 5.27. The van der Waals surface area contributed by atoms with E-state index in [0.717, 1.165) is 30.8 Å².